The van der Waals surface area contributed by atoms with Gasteiger partial charge in [-0.05, 0) is 67.1 Å². The fourth-order valence-corrected chi connectivity index (χ4v) is 6.91. The van der Waals surface area contributed by atoms with Crippen LogP contribution in [0.5, 0.6) is 0 Å². The Kier molecular flexibility index (Phi) is 6.89. The first-order valence-corrected chi connectivity index (χ1v) is 15.2. The van der Waals surface area contributed by atoms with Gasteiger partial charge in [-0.15, -0.1) is 0 Å². The normalized spacial score (nSPS) is 24.1. The summed E-state index contributed by atoms with van der Waals surface area (Å²) in [6.45, 7) is 5.28. The number of hydrogen-bond donors (Lipinski definition) is 2. The van der Waals surface area contributed by atoms with E-state index >= 15 is 8.78 Å². The maximum Gasteiger partial charge on any atom is 0.234 e. The van der Waals surface area contributed by atoms with Crippen LogP contribution in [0.1, 0.15) is 74.6 Å². The van der Waals surface area contributed by atoms with Crippen LogP contribution in [0.2, 0.25) is 0 Å². The lowest BCUT2D eigenvalue weighted by Crippen LogP contribution is -2.55. The standard InChI is InChI=1S/C34H35F2N5O3/c1-33(2)19-40(18-20-3-6-24(27(35)15-20)29-11-13-41(39-29)22-4-5-22)14-12-34(33,44)26-8-9-28-25(31(26)36)16-21(17-37-28)23-7-10-30(42)38-32(23)43/h3,6,8-9,11,13,15-17,22-23,44H,4-5,7,10,12,14,18-19H2,1-2H3,(H,38,42,43)/t23?,34-/m1/s1. The number of amides is 2. The summed E-state index contributed by atoms with van der Waals surface area (Å²) in [6, 6.07) is 12.4. The molecule has 2 aromatic carbocycles. The Morgan fingerprint density at radius 2 is 1.89 bits per heavy atom. The largest absolute Gasteiger partial charge is 0.384 e. The van der Waals surface area contributed by atoms with Crippen LogP contribution in [-0.2, 0) is 21.7 Å². The highest BCUT2D eigenvalue weighted by Gasteiger charge is 2.50. The van der Waals surface area contributed by atoms with Crippen LogP contribution in [0.4, 0.5) is 8.78 Å². The minimum Gasteiger partial charge on any atom is -0.384 e. The molecule has 3 fully saturated rings. The summed E-state index contributed by atoms with van der Waals surface area (Å²) in [5.41, 5.74) is 0.853. The van der Waals surface area contributed by atoms with E-state index in [0.29, 0.717) is 54.4 Å². The second kappa shape index (κ2) is 10.6. The molecule has 2 N–H and O–H groups in total. The molecule has 0 spiro atoms. The number of likely N-dealkylation sites (tertiary alicyclic amines) is 1. The third kappa shape index (κ3) is 4.99. The Hall–Kier alpha value is -4.02. The van der Waals surface area contributed by atoms with Crippen molar-refractivity contribution in [2.24, 2.45) is 5.41 Å². The van der Waals surface area contributed by atoms with E-state index in [1.165, 1.54) is 0 Å². The topological polar surface area (TPSA) is 100 Å². The van der Waals surface area contributed by atoms with Gasteiger partial charge in [0.1, 0.15) is 11.6 Å². The van der Waals surface area contributed by atoms with E-state index in [1.807, 2.05) is 36.9 Å². The molecule has 2 saturated heterocycles. The van der Waals surface area contributed by atoms with Gasteiger partial charge in [-0.1, -0.05) is 26.0 Å². The van der Waals surface area contributed by atoms with Gasteiger partial charge in [-0.2, -0.15) is 5.10 Å². The predicted molar refractivity (Wildman–Crippen MR) is 160 cm³/mol. The number of piperidine rings is 2. The zero-order chi connectivity index (χ0) is 30.8. The summed E-state index contributed by atoms with van der Waals surface area (Å²) in [4.78, 5) is 30.6. The molecule has 0 bridgehead atoms. The number of carbonyl (C=O) groups excluding carboxylic acids is 2. The van der Waals surface area contributed by atoms with Crippen molar-refractivity contribution in [3.8, 4) is 11.3 Å². The number of rotatable bonds is 6. The highest BCUT2D eigenvalue weighted by Crippen LogP contribution is 2.48. The molecule has 1 aliphatic carbocycles. The molecule has 7 rings (SSSR count). The molecule has 1 saturated carbocycles. The van der Waals surface area contributed by atoms with E-state index < -0.39 is 28.7 Å². The monoisotopic (exact) mass is 599 g/mol. The number of aliphatic hydroxyl groups is 1. The van der Waals surface area contributed by atoms with Gasteiger partial charge in [0, 0.05) is 60.4 Å². The maximum atomic E-state index is 16.2. The van der Waals surface area contributed by atoms with Crippen molar-refractivity contribution >= 4 is 22.7 Å². The molecular weight excluding hydrogens is 564 g/mol. The molecule has 10 heteroatoms. The van der Waals surface area contributed by atoms with Gasteiger partial charge in [-0.25, -0.2) is 8.78 Å². The molecule has 2 amide bonds. The predicted octanol–water partition coefficient (Wildman–Crippen LogP) is 5.35. The summed E-state index contributed by atoms with van der Waals surface area (Å²) in [7, 11) is 0. The Labute approximate surface area is 254 Å². The first-order valence-electron chi connectivity index (χ1n) is 15.2. The minimum atomic E-state index is -1.47. The first kappa shape index (κ1) is 28.7. The van der Waals surface area contributed by atoms with Crippen LogP contribution in [0.3, 0.4) is 0 Å². The fraction of sp³-hybridized carbons (Fsp3) is 0.412. The Bertz CT molecular complexity index is 1800. The summed E-state index contributed by atoms with van der Waals surface area (Å²) in [5, 5.41) is 19.2. The van der Waals surface area contributed by atoms with Gasteiger partial charge in [0.2, 0.25) is 11.8 Å². The molecule has 3 aliphatic rings. The number of nitrogens with zero attached hydrogens (tertiary/aromatic N) is 4. The van der Waals surface area contributed by atoms with Gasteiger partial charge < -0.3 is 5.11 Å². The van der Waals surface area contributed by atoms with E-state index in [4.69, 9.17) is 0 Å². The summed E-state index contributed by atoms with van der Waals surface area (Å²) >= 11 is 0. The highest BCUT2D eigenvalue weighted by atomic mass is 19.1. The zero-order valence-electron chi connectivity index (χ0n) is 24.8. The number of halogens is 2. The molecule has 0 radical (unpaired) electrons. The van der Waals surface area contributed by atoms with Crippen LogP contribution in [-0.4, -0.2) is 49.7 Å². The van der Waals surface area contributed by atoms with Gasteiger partial charge in [0.05, 0.1) is 28.8 Å². The highest BCUT2D eigenvalue weighted by molar-refractivity contribution is 6.01. The lowest BCUT2D eigenvalue weighted by Gasteiger charge is -2.50. The fourth-order valence-electron chi connectivity index (χ4n) is 6.91. The number of hydrogen-bond acceptors (Lipinski definition) is 6. The maximum absolute atomic E-state index is 16.2. The van der Waals surface area contributed by atoms with Gasteiger partial charge in [0.15, 0.2) is 0 Å². The first-order chi connectivity index (χ1) is 21.0. The van der Waals surface area contributed by atoms with Crippen molar-refractivity contribution < 1.29 is 23.5 Å². The van der Waals surface area contributed by atoms with Crippen molar-refractivity contribution in [2.45, 2.75) is 70.1 Å². The van der Waals surface area contributed by atoms with Crippen LogP contribution >= 0.6 is 0 Å². The van der Waals surface area contributed by atoms with Crippen molar-refractivity contribution in [3.05, 3.63) is 83.2 Å². The number of imide groups is 1. The molecule has 228 valence electrons. The van der Waals surface area contributed by atoms with E-state index in [1.54, 1.807) is 36.5 Å². The van der Waals surface area contributed by atoms with Crippen LogP contribution in [0, 0.1) is 17.0 Å². The Balaban J connectivity index is 1.10. The number of pyridine rings is 1. The number of aromatic nitrogens is 3. The number of carbonyl (C=O) groups is 2. The molecular formula is C34H35F2N5O3. The van der Waals surface area contributed by atoms with Crippen molar-refractivity contribution in [2.75, 3.05) is 13.1 Å². The molecule has 2 aromatic heterocycles. The molecule has 44 heavy (non-hydrogen) atoms. The number of nitrogens with one attached hydrogen (secondary N) is 1. The second-order valence-corrected chi connectivity index (χ2v) is 13.2. The second-order valence-electron chi connectivity index (χ2n) is 13.2. The third-order valence-electron chi connectivity index (χ3n) is 9.68. The van der Waals surface area contributed by atoms with Crippen molar-refractivity contribution in [3.63, 3.8) is 0 Å². The summed E-state index contributed by atoms with van der Waals surface area (Å²) < 4.78 is 33.3. The van der Waals surface area contributed by atoms with Gasteiger partial charge >= 0.3 is 0 Å². The molecule has 8 nitrogen and oxygen atoms in total. The van der Waals surface area contributed by atoms with Gasteiger partial charge in [0.25, 0.3) is 0 Å². The lowest BCUT2D eigenvalue weighted by molar-refractivity contribution is -0.134. The van der Waals surface area contributed by atoms with Crippen molar-refractivity contribution in [1.29, 1.82) is 0 Å². The smallest absolute Gasteiger partial charge is 0.234 e. The van der Waals surface area contributed by atoms with E-state index in [9.17, 15) is 14.7 Å². The molecule has 4 heterocycles. The lowest BCUT2D eigenvalue weighted by atomic mass is 9.66. The SMILES string of the molecule is CC1(C)CN(Cc2ccc(-c3ccn(C4CC4)n3)c(F)c2)CC[C@@]1(O)c1ccc2ncc(C3CCC(=O)NC3=O)cc2c1F. The van der Waals surface area contributed by atoms with E-state index in [0.717, 1.165) is 18.4 Å². The number of fused-ring (bicyclic) bond motifs is 1. The van der Waals surface area contributed by atoms with Crippen LogP contribution in [0.15, 0.2) is 54.9 Å². The average Bonchev–Trinajstić information content (AvgIpc) is 3.72. The zero-order valence-corrected chi connectivity index (χ0v) is 24.8. The third-order valence-corrected chi connectivity index (χ3v) is 9.68. The minimum absolute atomic E-state index is 0.193. The van der Waals surface area contributed by atoms with E-state index in [2.05, 4.69) is 20.3 Å². The average molecular weight is 600 g/mol. The summed E-state index contributed by atoms with van der Waals surface area (Å²) in [6.07, 6.45) is 6.51. The summed E-state index contributed by atoms with van der Waals surface area (Å²) in [5.74, 6) is -2.20. The molecule has 2 atom stereocenters. The van der Waals surface area contributed by atoms with Crippen LogP contribution in [0.25, 0.3) is 22.2 Å². The number of benzene rings is 2. The molecule has 4 aromatic rings. The van der Waals surface area contributed by atoms with Gasteiger partial charge in [-0.3, -0.25) is 29.5 Å². The quantitative estimate of drug-likeness (QED) is 0.290. The Morgan fingerprint density at radius 3 is 2.61 bits per heavy atom. The Morgan fingerprint density at radius 1 is 1.07 bits per heavy atom. The van der Waals surface area contributed by atoms with E-state index in [-0.39, 0.29) is 35.5 Å². The van der Waals surface area contributed by atoms with Crippen LogP contribution < -0.4 is 5.32 Å². The molecule has 2 aliphatic heterocycles. The molecule has 1 unspecified atom stereocenters. The van der Waals surface area contributed by atoms with Crippen molar-refractivity contribution in [1.82, 2.24) is 25.0 Å².